The van der Waals surface area contributed by atoms with E-state index in [0.29, 0.717) is 0 Å². The third-order valence-electron chi connectivity index (χ3n) is 2.61. The lowest BCUT2D eigenvalue weighted by Crippen LogP contribution is -2.24. The minimum atomic E-state index is 0.894. The van der Waals surface area contributed by atoms with Gasteiger partial charge in [0.15, 0.2) is 0 Å². The molecule has 0 atom stereocenters. The van der Waals surface area contributed by atoms with Gasteiger partial charge in [0.05, 0.1) is 5.52 Å². The van der Waals surface area contributed by atoms with E-state index in [2.05, 4.69) is 33.8 Å². The van der Waals surface area contributed by atoms with Gasteiger partial charge in [0.1, 0.15) is 0 Å². The number of nitrogens with one attached hydrogen (secondary N) is 2. The molecule has 0 radical (unpaired) electrons. The monoisotopic (exact) mass is 215 g/mol. The van der Waals surface area contributed by atoms with Gasteiger partial charge in [0.2, 0.25) is 0 Å². The Morgan fingerprint density at radius 3 is 2.88 bits per heavy atom. The number of benzene rings is 1. The van der Waals surface area contributed by atoms with Crippen molar-refractivity contribution in [2.24, 2.45) is 0 Å². The van der Waals surface area contributed by atoms with Crippen LogP contribution in [-0.2, 0) is 6.54 Å². The number of aromatic nitrogens is 1. The summed E-state index contributed by atoms with van der Waals surface area (Å²) in [7, 11) is 1.96. The minimum absolute atomic E-state index is 0.894. The number of nitrogens with zero attached hydrogens (tertiary/aromatic N) is 1. The lowest BCUT2D eigenvalue weighted by atomic mass is 10.1. The third kappa shape index (κ3) is 2.56. The van der Waals surface area contributed by atoms with E-state index < -0.39 is 0 Å². The molecule has 2 rings (SSSR count). The Morgan fingerprint density at radius 1 is 1.12 bits per heavy atom. The van der Waals surface area contributed by atoms with Crippen LogP contribution >= 0.6 is 0 Å². The third-order valence-corrected chi connectivity index (χ3v) is 2.61. The Morgan fingerprint density at radius 2 is 2.00 bits per heavy atom. The summed E-state index contributed by atoms with van der Waals surface area (Å²) >= 11 is 0. The molecule has 0 saturated carbocycles. The summed E-state index contributed by atoms with van der Waals surface area (Å²) in [6, 6.07) is 10.3. The van der Waals surface area contributed by atoms with Crippen LogP contribution in [-0.4, -0.2) is 25.1 Å². The van der Waals surface area contributed by atoms with Crippen LogP contribution in [0.25, 0.3) is 10.9 Å². The number of para-hydroxylation sites is 1. The maximum atomic E-state index is 4.35. The molecule has 2 N–H and O–H groups in total. The number of pyridine rings is 1. The van der Waals surface area contributed by atoms with Gasteiger partial charge in [-0.3, -0.25) is 4.98 Å². The van der Waals surface area contributed by atoms with Gasteiger partial charge < -0.3 is 10.6 Å². The molecule has 0 amide bonds. The van der Waals surface area contributed by atoms with E-state index in [9.17, 15) is 0 Å². The lowest BCUT2D eigenvalue weighted by molar-refractivity contribution is 0.652. The zero-order chi connectivity index (χ0) is 11.2. The lowest BCUT2D eigenvalue weighted by Gasteiger charge is -2.07. The van der Waals surface area contributed by atoms with Crippen LogP contribution in [0.1, 0.15) is 5.56 Å². The van der Waals surface area contributed by atoms with Crippen LogP contribution in [0, 0.1) is 0 Å². The average molecular weight is 215 g/mol. The van der Waals surface area contributed by atoms with Crippen LogP contribution in [0.4, 0.5) is 0 Å². The quantitative estimate of drug-likeness (QED) is 0.743. The number of fused-ring (bicyclic) bond motifs is 1. The Bertz CT molecular complexity index is 448. The summed E-state index contributed by atoms with van der Waals surface area (Å²) in [6.07, 6.45) is 1.87. The second-order valence-electron chi connectivity index (χ2n) is 3.77. The van der Waals surface area contributed by atoms with Crippen molar-refractivity contribution < 1.29 is 0 Å². The second-order valence-corrected chi connectivity index (χ2v) is 3.77. The minimum Gasteiger partial charge on any atom is -0.318 e. The van der Waals surface area contributed by atoms with Crippen LogP contribution in [0.3, 0.4) is 0 Å². The molecule has 0 fully saturated rings. The number of hydrogen-bond acceptors (Lipinski definition) is 3. The van der Waals surface area contributed by atoms with Gasteiger partial charge in [-0.2, -0.15) is 0 Å². The number of rotatable bonds is 5. The van der Waals surface area contributed by atoms with E-state index in [0.717, 1.165) is 25.2 Å². The molecule has 1 heterocycles. The molecule has 3 heteroatoms. The van der Waals surface area contributed by atoms with Crippen LogP contribution in [0.5, 0.6) is 0 Å². The fraction of sp³-hybridized carbons (Fsp3) is 0.308. The van der Waals surface area contributed by atoms with Crippen molar-refractivity contribution in [3.8, 4) is 0 Å². The summed E-state index contributed by atoms with van der Waals surface area (Å²) < 4.78 is 0. The fourth-order valence-corrected chi connectivity index (χ4v) is 1.75. The highest BCUT2D eigenvalue weighted by Crippen LogP contribution is 2.15. The number of hydrogen-bond donors (Lipinski definition) is 2. The first kappa shape index (κ1) is 11.0. The molecular formula is C13H17N3. The van der Waals surface area contributed by atoms with Crippen LogP contribution in [0.15, 0.2) is 36.5 Å². The first-order valence-electron chi connectivity index (χ1n) is 5.60. The Kier molecular flexibility index (Phi) is 3.86. The molecule has 1 aromatic carbocycles. The van der Waals surface area contributed by atoms with E-state index in [1.165, 1.54) is 10.9 Å². The first-order chi connectivity index (χ1) is 7.92. The molecule has 2 aromatic rings. The molecule has 16 heavy (non-hydrogen) atoms. The molecule has 1 aromatic heterocycles. The van der Waals surface area contributed by atoms with Crippen molar-refractivity contribution in [3.63, 3.8) is 0 Å². The fourth-order valence-electron chi connectivity index (χ4n) is 1.75. The summed E-state index contributed by atoms with van der Waals surface area (Å²) in [5.74, 6) is 0. The molecule has 0 aliphatic heterocycles. The zero-order valence-electron chi connectivity index (χ0n) is 9.53. The molecule has 3 nitrogen and oxygen atoms in total. The molecular weight excluding hydrogens is 198 g/mol. The van der Waals surface area contributed by atoms with E-state index in [1.54, 1.807) is 0 Å². The van der Waals surface area contributed by atoms with Gasteiger partial charge in [-0.25, -0.2) is 0 Å². The van der Waals surface area contributed by atoms with Crippen molar-refractivity contribution in [2.75, 3.05) is 20.1 Å². The maximum Gasteiger partial charge on any atom is 0.0705 e. The van der Waals surface area contributed by atoms with Gasteiger partial charge in [-0.05, 0) is 24.7 Å². The standard InChI is InChI=1S/C13H17N3/c1-14-8-9-15-10-11-6-7-16-13-5-3-2-4-12(11)13/h2-7,14-15H,8-10H2,1H3. The summed E-state index contributed by atoms with van der Waals surface area (Å²) in [5.41, 5.74) is 2.37. The highest BCUT2D eigenvalue weighted by molar-refractivity contribution is 5.81. The van der Waals surface area contributed by atoms with Crippen molar-refractivity contribution in [1.29, 1.82) is 0 Å². The van der Waals surface area contributed by atoms with Crippen molar-refractivity contribution in [1.82, 2.24) is 15.6 Å². The van der Waals surface area contributed by atoms with Gasteiger partial charge in [0.25, 0.3) is 0 Å². The summed E-state index contributed by atoms with van der Waals surface area (Å²) in [5, 5.41) is 7.76. The zero-order valence-corrected chi connectivity index (χ0v) is 9.53. The number of likely N-dealkylation sites (N-methyl/N-ethyl adjacent to an activating group) is 1. The van der Waals surface area contributed by atoms with Gasteiger partial charge in [0, 0.05) is 31.2 Å². The Balaban J connectivity index is 2.11. The molecule has 0 bridgehead atoms. The largest absolute Gasteiger partial charge is 0.318 e. The van der Waals surface area contributed by atoms with E-state index in [1.807, 2.05) is 25.4 Å². The molecule has 0 spiro atoms. The van der Waals surface area contributed by atoms with Gasteiger partial charge >= 0.3 is 0 Å². The molecule has 0 saturated heterocycles. The average Bonchev–Trinajstić information content (AvgIpc) is 2.35. The van der Waals surface area contributed by atoms with Crippen molar-refractivity contribution >= 4 is 10.9 Å². The Hall–Kier alpha value is -1.45. The second kappa shape index (κ2) is 5.58. The van der Waals surface area contributed by atoms with Crippen LogP contribution in [0.2, 0.25) is 0 Å². The van der Waals surface area contributed by atoms with Crippen molar-refractivity contribution in [2.45, 2.75) is 6.54 Å². The molecule has 0 aliphatic carbocycles. The summed E-state index contributed by atoms with van der Waals surface area (Å²) in [6.45, 7) is 2.86. The predicted molar refractivity (Wildman–Crippen MR) is 67.4 cm³/mol. The smallest absolute Gasteiger partial charge is 0.0705 e. The topological polar surface area (TPSA) is 37.0 Å². The van der Waals surface area contributed by atoms with Crippen LogP contribution < -0.4 is 10.6 Å². The van der Waals surface area contributed by atoms with E-state index >= 15 is 0 Å². The molecule has 84 valence electrons. The highest BCUT2D eigenvalue weighted by Gasteiger charge is 1.99. The van der Waals surface area contributed by atoms with Gasteiger partial charge in [-0.1, -0.05) is 18.2 Å². The molecule has 0 aliphatic rings. The maximum absolute atomic E-state index is 4.35. The van der Waals surface area contributed by atoms with Gasteiger partial charge in [-0.15, -0.1) is 0 Å². The van der Waals surface area contributed by atoms with E-state index in [-0.39, 0.29) is 0 Å². The molecule has 0 unspecified atom stereocenters. The Labute approximate surface area is 95.9 Å². The predicted octanol–water partition coefficient (Wildman–Crippen LogP) is 1.54. The van der Waals surface area contributed by atoms with E-state index in [4.69, 9.17) is 0 Å². The normalized spacial score (nSPS) is 10.8. The summed E-state index contributed by atoms with van der Waals surface area (Å²) in [4.78, 5) is 4.35. The highest BCUT2D eigenvalue weighted by atomic mass is 14.9. The first-order valence-corrected chi connectivity index (χ1v) is 5.60. The van der Waals surface area contributed by atoms with Crippen molar-refractivity contribution in [3.05, 3.63) is 42.1 Å². The SMILES string of the molecule is CNCCNCc1ccnc2ccccc12.